The summed E-state index contributed by atoms with van der Waals surface area (Å²) >= 11 is 0. The summed E-state index contributed by atoms with van der Waals surface area (Å²) in [5, 5.41) is 5.84. The molecule has 1 aromatic heterocycles. The number of carbonyl (C=O) groups is 1. The number of rotatable bonds is 1. The van der Waals surface area contributed by atoms with E-state index in [-0.39, 0.29) is 11.3 Å². The standard InChI is InChI=1S/C12H15N3O/c1-12(2,3)10-8-11(16)15(14-10)9-4-6-13-7-5-9/h4-7H,8H2,1-3H3. The van der Waals surface area contributed by atoms with Crippen LogP contribution in [0.25, 0.3) is 0 Å². The molecule has 0 N–H and O–H groups in total. The molecule has 2 rings (SSSR count). The second kappa shape index (κ2) is 3.70. The highest BCUT2D eigenvalue weighted by Gasteiger charge is 2.31. The van der Waals surface area contributed by atoms with Crippen LogP contribution < -0.4 is 5.01 Å². The van der Waals surface area contributed by atoms with Crippen LogP contribution in [0.5, 0.6) is 0 Å². The maximum Gasteiger partial charge on any atom is 0.253 e. The highest BCUT2D eigenvalue weighted by molar-refractivity contribution is 6.14. The number of pyridine rings is 1. The summed E-state index contributed by atoms with van der Waals surface area (Å²) in [5.74, 6) is 0.0242. The molecule has 1 aliphatic heterocycles. The number of hydrogen-bond donors (Lipinski definition) is 0. The van der Waals surface area contributed by atoms with Crippen molar-refractivity contribution in [2.24, 2.45) is 10.5 Å². The van der Waals surface area contributed by atoms with Crippen LogP contribution in [0, 0.1) is 5.41 Å². The Hall–Kier alpha value is -1.71. The van der Waals surface area contributed by atoms with Gasteiger partial charge in [0, 0.05) is 17.8 Å². The van der Waals surface area contributed by atoms with Gasteiger partial charge in [0.1, 0.15) is 0 Å². The summed E-state index contributed by atoms with van der Waals surface area (Å²) in [6, 6.07) is 3.57. The molecule has 0 unspecified atom stereocenters. The smallest absolute Gasteiger partial charge is 0.253 e. The predicted molar refractivity (Wildman–Crippen MR) is 63.2 cm³/mol. The summed E-state index contributed by atoms with van der Waals surface area (Å²) in [5.41, 5.74) is 1.64. The Kier molecular flexibility index (Phi) is 2.50. The lowest BCUT2D eigenvalue weighted by Crippen LogP contribution is -2.20. The molecule has 2 heterocycles. The average Bonchev–Trinajstić information content (AvgIpc) is 2.61. The number of amides is 1. The zero-order valence-corrected chi connectivity index (χ0v) is 9.77. The van der Waals surface area contributed by atoms with Crippen molar-refractivity contribution in [3.8, 4) is 0 Å². The first kappa shape index (κ1) is 10.8. The highest BCUT2D eigenvalue weighted by Crippen LogP contribution is 2.27. The van der Waals surface area contributed by atoms with Crippen LogP contribution in [0.15, 0.2) is 29.6 Å². The Morgan fingerprint density at radius 3 is 2.38 bits per heavy atom. The van der Waals surface area contributed by atoms with Gasteiger partial charge in [0.15, 0.2) is 0 Å². The summed E-state index contributed by atoms with van der Waals surface area (Å²) in [6.07, 6.45) is 3.73. The van der Waals surface area contributed by atoms with E-state index in [1.54, 1.807) is 24.5 Å². The molecule has 16 heavy (non-hydrogen) atoms. The maximum atomic E-state index is 11.8. The number of anilines is 1. The van der Waals surface area contributed by atoms with Crippen LogP contribution in [-0.2, 0) is 4.79 Å². The van der Waals surface area contributed by atoms with E-state index in [1.165, 1.54) is 5.01 Å². The number of hydrazone groups is 1. The van der Waals surface area contributed by atoms with Gasteiger partial charge >= 0.3 is 0 Å². The molecule has 0 aliphatic carbocycles. The minimum Gasteiger partial charge on any atom is -0.272 e. The Morgan fingerprint density at radius 2 is 1.88 bits per heavy atom. The minimum atomic E-state index is -0.0581. The second-order valence-electron chi connectivity index (χ2n) is 4.88. The Labute approximate surface area is 95.0 Å². The van der Waals surface area contributed by atoms with Crippen molar-refractivity contribution in [3.63, 3.8) is 0 Å². The maximum absolute atomic E-state index is 11.8. The Morgan fingerprint density at radius 1 is 1.25 bits per heavy atom. The van der Waals surface area contributed by atoms with Crippen molar-refractivity contribution in [1.82, 2.24) is 4.98 Å². The van der Waals surface area contributed by atoms with Crippen LogP contribution in [0.3, 0.4) is 0 Å². The first-order chi connectivity index (χ1) is 7.48. The lowest BCUT2D eigenvalue weighted by atomic mass is 9.88. The van der Waals surface area contributed by atoms with E-state index < -0.39 is 0 Å². The molecule has 1 aromatic rings. The molecule has 4 heteroatoms. The molecule has 4 nitrogen and oxygen atoms in total. The van der Waals surface area contributed by atoms with Crippen molar-refractivity contribution >= 4 is 17.3 Å². The fourth-order valence-electron chi connectivity index (χ4n) is 1.53. The van der Waals surface area contributed by atoms with E-state index in [9.17, 15) is 4.79 Å². The van der Waals surface area contributed by atoms with Gasteiger partial charge in [0.25, 0.3) is 5.91 Å². The van der Waals surface area contributed by atoms with E-state index in [1.807, 2.05) is 0 Å². The molecule has 0 atom stereocenters. The molecule has 0 spiro atoms. The van der Waals surface area contributed by atoms with Gasteiger partial charge in [-0.15, -0.1) is 0 Å². The molecule has 1 aliphatic rings. The van der Waals surface area contributed by atoms with Gasteiger partial charge in [-0.2, -0.15) is 5.10 Å². The van der Waals surface area contributed by atoms with Crippen LogP contribution in [0.1, 0.15) is 27.2 Å². The Balaban J connectivity index is 2.31. The Bertz CT molecular complexity index is 431. The fraction of sp³-hybridized carbons (Fsp3) is 0.417. The molecule has 0 bridgehead atoms. The molecular weight excluding hydrogens is 202 g/mol. The van der Waals surface area contributed by atoms with Gasteiger partial charge in [-0.1, -0.05) is 20.8 Å². The monoisotopic (exact) mass is 217 g/mol. The van der Waals surface area contributed by atoms with Crippen molar-refractivity contribution in [2.75, 3.05) is 5.01 Å². The molecule has 0 saturated carbocycles. The van der Waals surface area contributed by atoms with Gasteiger partial charge in [0.05, 0.1) is 17.8 Å². The number of nitrogens with zero attached hydrogens (tertiary/aromatic N) is 3. The molecule has 0 radical (unpaired) electrons. The molecule has 1 amide bonds. The summed E-state index contributed by atoms with van der Waals surface area (Å²) in [4.78, 5) is 15.7. The zero-order chi connectivity index (χ0) is 11.8. The third-order valence-electron chi connectivity index (χ3n) is 2.55. The summed E-state index contributed by atoms with van der Waals surface area (Å²) in [7, 11) is 0. The predicted octanol–water partition coefficient (Wildman–Crippen LogP) is 2.22. The van der Waals surface area contributed by atoms with Crippen LogP contribution in [-0.4, -0.2) is 16.6 Å². The van der Waals surface area contributed by atoms with E-state index in [4.69, 9.17) is 0 Å². The third-order valence-corrected chi connectivity index (χ3v) is 2.55. The van der Waals surface area contributed by atoms with Crippen molar-refractivity contribution in [1.29, 1.82) is 0 Å². The van der Waals surface area contributed by atoms with E-state index >= 15 is 0 Å². The number of hydrogen-bond acceptors (Lipinski definition) is 3. The molecular formula is C12H15N3O. The van der Waals surface area contributed by atoms with E-state index in [0.717, 1.165) is 11.4 Å². The van der Waals surface area contributed by atoms with Crippen LogP contribution in [0.4, 0.5) is 5.69 Å². The number of aromatic nitrogens is 1. The first-order valence-electron chi connectivity index (χ1n) is 5.29. The van der Waals surface area contributed by atoms with Gasteiger partial charge in [-0.25, -0.2) is 5.01 Å². The lowest BCUT2D eigenvalue weighted by Gasteiger charge is -2.16. The molecule has 0 fully saturated rings. The van der Waals surface area contributed by atoms with Crippen LogP contribution >= 0.6 is 0 Å². The van der Waals surface area contributed by atoms with Gasteiger partial charge < -0.3 is 0 Å². The fourth-order valence-corrected chi connectivity index (χ4v) is 1.53. The van der Waals surface area contributed by atoms with E-state index in [2.05, 4.69) is 30.9 Å². The quantitative estimate of drug-likeness (QED) is 0.724. The average molecular weight is 217 g/mol. The SMILES string of the molecule is CC(C)(C)C1=NN(c2ccncc2)C(=O)C1. The van der Waals surface area contributed by atoms with Crippen molar-refractivity contribution in [2.45, 2.75) is 27.2 Å². The lowest BCUT2D eigenvalue weighted by molar-refractivity contribution is -0.116. The summed E-state index contributed by atoms with van der Waals surface area (Å²) < 4.78 is 0. The zero-order valence-electron chi connectivity index (χ0n) is 9.77. The normalized spacial score (nSPS) is 16.6. The third kappa shape index (κ3) is 1.96. The van der Waals surface area contributed by atoms with Crippen molar-refractivity contribution in [3.05, 3.63) is 24.5 Å². The summed E-state index contributed by atoms with van der Waals surface area (Å²) in [6.45, 7) is 6.19. The molecule has 0 saturated heterocycles. The largest absolute Gasteiger partial charge is 0.272 e. The van der Waals surface area contributed by atoms with Gasteiger partial charge in [-0.05, 0) is 12.1 Å². The first-order valence-corrected chi connectivity index (χ1v) is 5.29. The van der Waals surface area contributed by atoms with Gasteiger partial charge in [-0.3, -0.25) is 9.78 Å². The topological polar surface area (TPSA) is 45.6 Å². The minimum absolute atomic E-state index is 0.0242. The van der Waals surface area contributed by atoms with Crippen LogP contribution in [0.2, 0.25) is 0 Å². The molecule has 0 aromatic carbocycles. The van der Waals surface area contributed by atoms with E-state index in [0.29, 0.717) is 6.42 Å². The highest BCUT2D eigenvalue weighted by atomic mass is 16.2. The van der Waals surface area contributed by atoms with Gasteiger partial charge in [0.2, 0.25) is 0 Å². The number of carbonyl (C=O) groups excluding carboxylic acids is 1. The van der Waals surface area contributed by atoms with Crippen molar-refractivity contribution < 1.29 is 4.79 Å². The molecule has 84 valence electrons. The second-order valence-corrected chi connectivity index (χ2v) is 4.88.